The predicted octanol–water partition coefficient (Wildman–Crippen LogP) is -5.49. The second-order valence-electron chi connectivity index (χ2n) is 2.94. The first-order valence-electron chi connectivity index (χ1n) is 4.28. The zero-order valence-corrected chi connectivity index (χ0v) is 15.1. The summed E-state index contributed by atoms with van der Waals surface area (Å²) in [7, 11) is 0. The summed E-state index contributed by atoms with van der Waals surface area (Å²) in [5.41, 5.74) is -2.74. The normalized spacial score (nSPS) is 7.88. The molecule has 0 bridgehead atoms. The first-order valence-corrected chi connectivity index (χ1v) is 4.28. The van der Waals surface area contributed by atoms with Gasteiger partial charge in [-0.3, -0.25) is 9.59 Å². The monoisotopic (exact) mass is 391 g/mol. The number of nitrogens with zero attached hydrogens (tertiary/aromatic N) is 2. The van der Waals surface area contributed by atoms with E-state index in [4.69, 9.17) is 51.1 Å². The Morgan fingerprint density at radius 2 is 1.08 bits per heavy atom. The van der Waals surface area contributed by atoms with Crippen molar-refractivity contribution in [3.63, 3.8) is 0 Å². The van der Waals surface area contributed by atoms with Crippen LogP contribution in [0.2, 0.25) is 0 Å². The molecular formula is C6H14KN3O14. The number of carboxylic acids is 3. The Kier molecular flexibility index (Phi) is 30.8. The molecule has 0 aromatic heterocycles. The van der Waals surface area contributed by atoms with Gasteiger partial charge in [-0.2, -0.15) is 0 Å². The summed E-state index contributed by atoms with van der Waals surface area (Å²) in [6.07, 6.45) is -2.29. The topological polar surface area (TPSA) is 328 Å². The Labute approximate surface area is 174 Å². The molecule has 17 nitrogen and oxygen atoms in total. The molecule has 0 spiro atoms. The van der Waals surface area contributed by atoms with Crippen LogP contribution in [-0.4, -0.2) is 64.8 Å². The van der Waals surface area contributed by atoms with E-state index in [1.165, 1.54) is 0 Å². The van der Waals surface area contributed by atoms with E-state index in [2.05, 4.69) is 0 Å². The molecule has 0 aromatic rings. The maximum Gasteiger partial charge on any atom is 1.00 e. The molecule has 0 heterocycles. The number of carboxylic acid groups (broad SMARTS) is 3. The fraction of sp³-hybridized carbons (Fsp3) is 0.500. The fourth-order valence-electron chi connectivity index (χ4n) is 0.714. The molecule has 0 rings (SSSR count). The molecule has 138 valence electrons. The third-order valence-corrected chi connectivity index (χ3v) is 1.29. The van der Waals surface area contributed by atoms with Crippen LogP contribution < -0.4 is 57.5 Å². The minimum Gasteiger partial charge on any atom is -0.481 e. The summed E-state index contributed by atoms with van der Waals surface area (Å²) in [5, 5.41) is 62.2. The largest absolute Gasteiger partial charge is 1.00 e. The van der Waals surface area contributed by atoms with E-state index < -0.39 is 46.5 Å². The Hall–Kier alpha value is -1.67. The summed E-state index contributed by atoms with van der Waals surface area (Å²) in [5.74, 6) is -5.02. The Bertz CT molecular complexity index is 377. The summed E-state index contributed by atoms with van der Waals surface area (Å²) < 4.78 is 0. The zero-order valence-electron chi connectivity index (χ0n) is 12.0. The van der Waals surface area contributed by atoms with Gasteiger partial charge in [-0.1, -0.05) is 0 Å². The molecule has 18 heteroatoms. The molecule has 0 aliphatic heterocycles. The molecule has 0 aliphatic carbocycles. The van der Waals surface area contributed by atoms with Gasteiger partial charge in [0.25, 0.3) is 5.09 Å². The van der Waals surface area contributed by atoms with Crippen molar-refractivity contribution in [2.45, 2.75) is 18.4 Å². The third kappa shape index (κ3) is 37.0. The van der Waals surface area contributed by atoms with E-state index in [1.54, 1.807) is 0 Å². The molecule has 0 fully saturated rings. The van der Waals surface area contributed by atoms with Crippen LogP contribution in [0, 0.1) is 25.4 Å². The van der Waals surface area contributed by atoms with Crippen molar-refractivity contribution in [2.24, 2.45) is 0 Å². The van der Waals surface area contributed by atoms with Crippen molar-refractivity contribution >= 4 is 17.9 Å². The quantitative estimate of drug-likeness (QED) is 0.144. The maximum absolute atomic E-state index is 10.3. The first kappa shape index (κ1) is 38.1. The van der Waals surface area contributed by atoms with Crippen molar-refractivity contribution in [1.29, 1.82) is 0 Å². The molecule has 0 aromatic carbocycles. The molecule has 0 radical (unpaired) electrons. The zero-order chi connectivity index (χ0) is 17.8. The number of hydrogen-bond donors (Lipinski definition) is 6. The molecule has 24 heavy (non-hydrogen) atoms. The molecule has 0 saturated carbocycles. The van der Waals surface area contributed by atoms with E-state index in [-0.39, 0.29) is 63.0 Å². The summed E-state index contributed by atoms with van der Waals surface area (Å²) in [6, 6.07) is 0. The second-order valence-corrected chi connectivity index (χ2v) is 2.94. The molecule has 0 atom stereocenters. The molecule has 0 saturated heterocycles. The van der Waals surface area contributed by atoms with Gasteiger partial charge in [-0.15, -0.1) is 10.1 Å². The number of aliphatic hydroxyl groups is 1. The van der Waals surface area contributed by atoms with Crippen molar-refractivity contribution in [1.82, 2.24) is 6.15 Å². The fourth-order valence-corrected chi connectivity index (χ4v) is 0.714. The molecule has 0 aliphatic rings. The number of carbonyl (C=O) groups is 3. The number of hydrogen-bond acceptors (Lipinski definition) is 10. The minimum absolute atomic E-state index is 0. The van der Waals surface area contributed by atoms with Crippen molar-refractivity contribution in [3.05, 3.63) is 25.4 Å². The minimum atomic E-state index is -2.74. The van der Waals surface area contributed by atoms with Gasteiger partial charge in [0.2, 0.25) is 0 Å². The van der Waals surface area contributed by atoms with E-state index >= 15 is 0 Å². The van der Waals surface area contributed by atoms with Crippen LogP contribution in [0.25, 0.3) is 0 Å². The van der Waals surface area contributed by atoms with Gasteiger partial charge < -0.3 is 52.6 Å². The van der Waals surface area contributed by atoms with Crippen molar-refractivity contribution in [2.75, 3.05) is 0 Å². The summed E-state index contributed by atoms with van der Waals surface area (Å²) in [6.45, 7) is 0. The molecule has 0 amide bonds. The Morgan fingerprint density at radius 1 is 0.917 bits per heavy atom. The summed E-state index contributed by atoms with van der Waals surface area (Å²) in [4.78, 5) is 47.1. The molecular weight excluding hydrogens is 377 g/mol. The predicted molar refractivity (Wildman–Crippen MR) is 64.9 cm³/mol. The first-order chi connectivity index (χ1) is 9.24. The second kappa shape index (κ2) is 19.4. The van der Waals surface area contributed by atoms with Gasteiger partial charge in [0, 0.05) is 0 Å². The van der Waals surface area contributed by atoms with E-state index in [1.807, 2.05) is 0 Å². The van der Waals surface area contributed by atoms with Gasteiger partial charge in [0.1, 0.15) is 0 Å². The van der Waals surface area contributed by atoms with Gasteiger partial charge >= 0.3 is 69.3 Å². The van der Waals surface area contributed by atoms with Crippen LogP contribution in [0.1, 0.15) is 12.8 Å². The maximum atomic E-state index is 10.3. The standard InChI is InChI=1S/C6H8O7.K.HNO3.NO3.H3N.H2O/c7-3(8)1-6(13,5(11)12)2-4(9)10;;2*2-1(3)4;;/h13H,1-2H2,(H,7,8)(H,9,10)(H,11,12);;(H,2,3,4);;1H3;1H2/q;+1;;-1;;. The smallest absolute Gasteiger partial charge is 0.481 e. The number of aliphatic carboxylic acids is 3. The number of rotatable bonds is 5. The average Bonchev–Trinajstić information content (AvgIpc) is 2.11. The van der Waals surface area contributed by atoms with Crippen molar-refractivity contribution in [3.8, 4) is 0 Å². The average molecular weight is 391 g/mol. The van der Waals surface area contributed by atoms with E-state index in [0.717, 1.165) is 0 Å². The molecule has 10 N–H and O–H groups in total. The summed E-state index contributed by atoms with van der Waals surface area (Å²) >= 11 is 0. The van der Waals surface area contributed by atoms with Gasteiger partial charge in [-0.05, 0) is 0 Å². The van der Waals surface area contributed by atoms with E-state index in [0.29, 0.717) is 0 Å². The van der Waals surface area contributed by atoms with Crippen LogP contribution in [0.15, 0.2) is 0 Å². The Morgan fingerprint density at radius 3 is 1.17 bits per heavy atom. The van der Waals surface area contributed by atoms with Crippen LogP contribution in [0.3, 0.4) is 0 Å². The van der Waals surface area contributed by atoms with Crippen LogP contribution >= 0.6 is 0 Å². The third-order valence-electron chi connectivity index (χ3n) is 1.29. The SMILES string of the molecule is N.O.O=C(O)CC(O)(CC(=O)O)C(=O)O.O=[N+]([O-])O.O=[N+]([O-])[O-].[K+]. The van der Waals surface area contributed by atoms with Crippen LogP contribution in [-0.2, 0) is 14.4 Å². The van der Waals surface area contributed by atoms with Crippen molar-refractivity contribution < 1.29 is 107 Å². The van der Waals surface area contributed by atoms with Gasteiger partial charge in [0.05, 0.1) is 17.9 Å². The van der Waals surface area contributed by atoms with Gasteiger partial charge in [0.15, 0.2) is 5.60 Å². The molecule has 0 unspecified atom stereocenters. The van der Waals surface area contributed by atoms with E-state index in [9.17, 15) is 14.4 Å². The van der Waals surface area contributed by atoms with Gasteiger partial charge in [-0.25, -0.2) is 4.79 Å². The van der Waals surface area contributed by atoms with Crippen LogP contribution in [0.4, 0.5) is 0 Å². The Balaban J connectivity index is -0.0000000626. The van der Waals surface area contributed by atoms with Crippen LogP contribution in [0.5, 0.6) is 0 Å².